The van der Waals surface area contributed by atoms with Crippen LogP contribution in [0.1, 0.15) is 13.3 Å². The molecule has 0 aliphatic carbocycles. The van der Waals surface area contributed by atoms with Crippen molar-refractivity contribution in [3.05, 3.63) is 0 Å². The van der Waals surface area contributed by atoms with E-state index in [0.29, 0.717) is 0 Å². The third-order valence-corrected chi connectivity index (χ3v) is 1.62. The Bertz CT molecular complexity index is 138. The molecule has 0 radical (unpaired) electrons. The maximum atomic E-state index is 12.2. The number of halogens is 3. The standard InChI is InChI=1S/C5H7ClF2O2/c1-2-3(6)5(7,8)4(9)10/h3H,2H2,1H3,(H,9,10). The number of hydrogen-bond acceptors (Lipinski definition) is 1. The average Bonchev–Trinajstić information content (AvgIpc) is 1.86. The van der Waals surface area contributed by atoms with Gasteiger partial charge in [-0.25, -0.2) is 4.79 Å². The molecule has 0 saturated carbocycles. The summed E-state index contributed by atoms with van der Waals surface area (Å²) in [7, 11) is 0. The zero-order valence-corrected chi connectivity index (χ0v) is 6.03. The molecule has 60 valence electrons. The number of rotatable bonds is 3. The van der Waals surface area contributed by atoms with Crippen LogP contribution < -0.4 is 0 Å². The second-order valence-corrected chi connectivity index (χ2v) is 2.33. The highest BCUT2D eigenvalue weighted by Crippen LogP contribution is 2.25. The van der Waals surface area contributed by atoms with E-state index in [4.69, 9.17) is 16.7 Å². The Morgan fingerprint density at radius 1 is 1.80 bits per heavy atom. The zero-order valence-electron chi connectivity index (χ0n) is 5.27. The van der Waals surface area contributed by atoms with Crippen LogP contribution in [0.4, 0.5) is 8.78 Å². The van der Waals surface area contributed by atoms with E-state index in [0.717, 1.165) is 0 Å². The lowest BCUT2D eigenvalue weighted by Gasteiger charge is -2.14. The molecule has 2 nitrogen and oxygen atoms in total. The molecule has 0 aromatic heterocycles. The summed E-state index contributed by atoms with van der Waals surface area (Å²) in [5, 5.41) is 6.29. The molecule has 0 aromatic carbocycles. The van der Waals surface area contributed by atoms with Crippen LogP contribution in [-0.4, -0.2) is 22.4 Å². The fraction of sp³-hybridized carbons (Fsp3) is 0.800. The summed E-state index contributed by atoms with van der Waals surface area (Å²) in [6.45, 7) is 1.40. The van der Waals surface area contributed by atoms with Gasteiger partial charge in [-0.3, -0.25) is 0 Å². The van der Waals surface area contributed by atoms with Crippen molar-refractivity contribution < 1.29 is 18.7 Å². The Labute approximate surface area is 61.8 Å². The minimum absolute atomic E-state index is 0.0686. The first-order valence-electron chi connectivity index (χ1n) is 2.68. The van der Waals surface area contributed by atoms with Crippen molar-refractivity contribution in [1.82, 2.24) is 0 Å². The molecule has 0 aliphatic heterocycles. The van der Waals surface area contributed by atoms with Gasteiger partial charge in [-0.05, 0) is 6.42 Å². The van der Waals surface area contributed by atoms with Gasteiger partial charge < -0.3 is 5.11 Å². The highest BCUT2D eigenvalue weighted by molar-refractivity contribution is 6.22. The van der Waals surface area contributed by atoms with Crippen molar-refractivity contribution >= 4 is 17.6 Å². The van der Waals surface area contributed by atoms with Crippen LogP contribution in [0.15, 0.2) is 0 Å². The summed E-state index contributed by atoms with van der Waals surface area (Å²) < 4.78 is 24.4. The fourth-order valence-corrected chi connectivity index (χ4v) is 0.484. The van der Waals surface area contributed by atoms with Gasteiger partial charge in [0.1, 0.15) is 5.38 Å². The molecule has 0 heterocycles. The van der Waals surface area contributed by atoms with E-state index in [9.17, 15) is 13.6 Å². The fourth-order valence-electron chi connectivity index (χ4n) is 0.390. The topological polar surface area (TPSA) is 37.3 Å². The van der Waals surface area contributed by atoms with E-state index >= 15 is 0 Å². The van der Waals surface area contributed by atoms with Crippen molar-refractivity contribution in [2.45, 2.75) is 24.6 Å². The van der Waals surface area contributed by atoms with Gasteiger partial charge in [0.25, 0.3) is 0 Å². The van der Waals surface area contributed by atoms with E-state index in [-0.39, 0.29) is 6.42 Å². The lowest BCUT2D eigenvalue weighted by atomic mass is 10.2. The third-order valence-electron chi connectivity index (χ3n) is 1.04. The summed E-state index contributed by atoms with van der Waals surface area (Å²) >= 11 is 5.02. The first kappa shape index (κ1) is 9.62. The van der Waals surface area contributed by atoms with Gasteiger partial charge >= 0.3 is 11.9 Å². The molecule has 1 N–H and O–H groups in total. The summed E-state index contributed by atoms with van der Waals surface area (Å²) in [5.41, 5.74) is 0. The Hall–Kier alpha value is -0.380. The molecule has 0 aliphatic rings. The van der Waals surface area contributed by atoms with E-state index < -0.39 is 17.3 Å². The van der Waals surface area contributed by atoms with Gasteiger partial charge in [-0.1, -0.05) is 6.92 Å². The Morgan fingerprint density at radius 3 is 2.30 bits per heavy atom. The van der Waals surface area contributed by atoms with E-state index in [2.05, 4.69) is 0 Å². The second-order valence-electron chi connectivity index (χ2n) is 1.80. The maximum Gasteiger partial charge on any atom is 0.376 e. The number of carbonyl (C=O) groups is 1. The number of alkyl halides is 3. The smallest absolute Gasteiger partial charge is 0.376 e. The SMILES string of the molecule is CCC(Cl)C(F)(F)C(=O)O. The van der Waals surface area contributed by atoms with Crippen molar-refractivity contribution in [3.63, 3.8) is 0 Å². The van der Waals surface area contributed by atoms with E-state index in [1.807, 2.05) is 0 Å². The Balaban J connectivity index is 4.23. The maximum absolute atomic E-state index is 12.2. The van der Waals surface area contributed by atoms with Gasteiger partial charge in [0.15, 0.2) is 0 Å². The largest absolute Gasteiger partial charge is 0.477 e. The minimum Gasteiger partial charge on any atom is -0.477 e. The monoisotopic (exact) mass is 172 g/mol. The number of hydrogen-bond donors (Lipinski definition) is 1. The van der Waals surface area contributed by atoms with Crippen molar-refractivity contribution in [2.24, 2.45) is 0 Å². The van der Waals surface area contributed by atoms with Crippen molar-refractivity contribution in [1.29, 1.82) is 0 Å². The van der Waals surface area contributed by atoms with Crippen molar-refractivity contribution in [2.75, 3.05) is 0 Å². The molecule has 0 rings (SSSR count). The summed E-state index contributed by atoms with van der Waals surface area (Å²) in [6.07, 6.45) is -0.0686. The molecule has 0 amide bonds. The molecule has 0 bridgehead atoms. The van der Waals surface area contributed by atoms with E-state index in [1.165, 1.54) is 6.92 Å². The molecule has 0 saturated heterocycles. The molecule has 1 unspecified atom stereocenters. The molecule has 0 aromatic rings. The number of aliphatic carboxylic acids is 1. The van der Waals surface area contributed by atoms with Gasteiger partial charge in [-0.2, -0.15) is 8.78 Å². The summed E-state index contributed by atoms with van der Waals surface area (Å²) in [6, 6.07) is 0. The normalized spacial score (nSPS) is 14.8. The van der Waals surface area contributed by atoms with Gasteiger partial charge in [-0.15, -0.1) is 11.6 Å². The van der Waals surface area contributed by atoms with Crippen LogP contribution in [0, 0.1) is 0 Å². The third kappa shape index (κ3) is 1.80. The van der Waals surface area contributed by atoms with Crippen molar-refractivity contribution in [3.8, 4) is 0 Å². The number of carboxylic acid groups (broad SMARTS) is 1. The first-order chi connectivity index (χ1) is 4.42. The molecule has 10 heavy (non-hydrogen) atoms. The number of carboxylic acids is 1. The highest BCUT2D eigenvalue weighted by Gasteiger charge is 2.45. The highest BCUT2D eigenvalue weighted by atomic mass is 35.5. The van der Waals surface area contributed by atoms with Crippen LogP contribution in [0.2, 0.25) is 0 Å². The average molecular weight is 173 g/mol. The predicted octanol–water partition coefficient (Wildman–Crippen LogP) is 1.72. The Kier molecular flexibility index (Phi) is 3.02. The van der Waals surface area contributed by atoms with Crippen LogP contribution >= 0.6 is 11.6 Å². The molecular weight excluding hydrogens is 166 g/mol. The van der Waals surface area contributed by atoms with Crippen LogP contribution in [0.3, 0.4) is 0 Å². The summed E-state index contributed by atoms with van der Waals surface area (Å²) in [4.78, 5) is 9.79. The molecule has 1 atom stereocenters. The zero-order chi connectivity index (χ0) is 8.36. The van der Waals surface area contributed by atoms with Crippen LogP contribution in [0.25, 0.3) is 0 Å². The quantitative estimate of drug-likeness (QED) is 0.659. The van der Waals surface area contributed by atoms with Gasteiger partial charge in [0.05, 0.1) is 0 Å². The van der Waals surface area contributed by atoms with Crippen LogP contribution in [-0.2, 0) is 4.79 Å². The first-order valence-corrected chi connectivity index (χ1v) is 3.11. The van der Waals surface area contributed by atoms with Gasteiger partial charge in [0, 0.05) is 0 Å². The molecular formula is C5H7ClF2O2. The minimum atomic E-state index is -3.81. The second kappa shape index (κ2) is 3.14. The lowest BCUT2D eigenvalue weighted by molar-refractivity contribution is -0.165. The van der Waals surface area contributed by atoms with E-state index in [1.54, 1.807) is 0 Å². The Morgan fingerprint density at radius 2 is 2.20 bits per heavy atom. The molecule has 5 heteroatoms. The molecule has 0 fully saturated rings. The van der Waals surface area contributed by atoms with Gasteiger partial charge in [0.2, 0.25) is 0 Å². The summed E-state index contributed by atoms with van der Waals surface area (Å²) in [5.74, 6) is -5.98. The molecule has 0 spiro atoms. The predicted molar refractivity (Wildman–Crippen MR) is 32.5 cm³/mol. The lowest BCUT2D eigenvalue weighted by Crippen LogP contribution is -2.37. The van der Waals surface area contributed by atoms with Crippen LogP contribution in [0.5, 0.6) is 0 Å².